The second-order valence-corrected chi connectivity index (χ2v) is 7.44. The van der Waals surface area contributed by atoms with E-state index in [1.54, 1.807) is 12.1 Å². The maximum Gasteiger partial charge on any atom is 0.224 e. The molecule has 1 aromatic carbocycles. The van der Waals surface area contributed by atoms with Gasteiger partial charge in [-0.1, -0.05) is 12.8 Å². The number of nitrogens with one attached hydrogen (secondary N) is 2. The number of unbranched alkanes of at least 4 members (excludes halogenated alkanes) is 2. The zero-order chi connectivity index (χ0) is 20.6. The number of anilines is 1. The zero-order valence-electron chi connectivity index (χ0n) is 16.8. The highest BCUT2D eigenvalue weighted by Gasteiger charge is 2.19. The predicted molar refractivity (Wildman–Crippen MR) is 109 cm³/mol. The van der Waals surface area contributed by atoms with Crippen molar-refractivity contribution in [3.63, 3.8) is 0 Å². The fraction of sp³-hybridized carbons (Fsp3) is 0.524. The number of halogens is 1. The van der Waals surface area contributed by atoms with Crippen LogP contribution in [0.4, 0.5) is 10.1 Å². The van der Waals surface area contributed by atoms with Crippen molar-refractivity contribution in [2.75, 3.05) is 11.9 Å². The molecule has 1 aliphatic rings. The van der Waals surface area contributed by atoms with Crippen molar-refractivity contribution in [3.05, 3.63) is 29.8 Å². The van der Waals surface area contributed by atoms with Crippen LogP contribution in [-0.2, 0) is 22.6 Å². The Hall–Kier alpha value is -2.77. The lowest BCUT2D eigenvalue weighted by molar-refractivity contribution is -0.119. The van der Waals surface area contributed by atoms with Gasteiger partial charge in [-0.15, -0.1) is 10.2 Å². The van der Waals surface area contributed by atoms with Gasteiger partial charge >= 0.3 is 0 Å². The standard InChI is InChI=1S/C21H28FN5O2/c1-15(28)23-12-6-2-5-9-20(29)24-16-10-11-18(22)17(14-16)21-26-25-19-8-4-3-7-13-27(19)21/h10-11,14H,2-9,12-13H2,1H3,(H,23,28)(H,24,29). The van der Waals surface area contributed by atoms with Gasteiger partial charge in [0, 0.05) is 38.5 Å². The highest BCUT2D eigenvalue weighted by Crippen LogP contribution is 2.27. The zero-order valence-corrected chi connectivity index (χ0v) is 16.8. The van der Waals surface area contributed by atoms with Crippen LogP contribution in [0.2, 0.25) is 0 Å². The Morgan fingerprint density at radius 3 is 2.83 bits per heavy atom. The number of aromatic nitrogens is 3. The van der Waals surface area contributed by atoms with Crippen LogP contribution in [-0.4, -0.2) is 33.1 Å². The van der Waals surface area contributed by atoms with Gasteiger partial charge < -0.3 is 15.2 Å². The third kappa shape index (κ3) is 5.85. The topological polar surface area (TPSA) is 88.9 Å². The first kappa shape index (κ1) is 21.0. The quantitative estimate of drug-likeness (QED) is 0.663. The molecular weight excluding hydrogens is 373 g/mol. The molecule has 156 valence electrons. The van der Waals surface area contributed by atoms with Gasteiger partial charge in [0.15, 0.2) is 5.82 Å². The maximum atomic E-state index is 14.5. The third-order valence-corrected chi connectivity index (χ3v) is 5.06. The van der Waals surface area contributed by atoms with Crippen LogP contribution in [0.3, 0.4) is 0 Å². The second-order valence-electron chi connectivity index (χ2n) is 7.44. The highest BCUT2D eigenvalue weighted by molar-refractivity contribution is 5.91. The molecule has 0 atom stereocenters. The number of hydrogen-bond acceptors (Lipinski definition) is 4. The van der Waals surface area contributed by atoms with Gasteiger partial charge in [0.25, 0.3) is 0 Å². The van der Waals surface area contributed by atoms with Crippen LogP contribution >= 0.6 is 0 Å². The normalized spacial score (nSPS) is 13.4. The highest BCUT2D eigenvalue weighted by atomic mass is 19.1. The molecule has 0 saturated carbocycles. The van der Waals surface area contributed by atoms with Crippen molar-refractivity contribution in [3.8, 4) is 11.4 Å². The number of carbonyl (C=O) groups excluding carboxylic acids is 2. The molecule has 0 unspecified atom stereocenters. The first-order chi connectivity index (χ1) is 14.0. The lowest BCUT2D eigenvalue weighted by atomic mass is 10.1. The van der Waals surface area contributed by atoms with Gasteiger partial charge in [0.05, 0.1) is 5.56 Å². The molecule has 0 bridgehead atoms. The number of hydrogen-bond donors (Lipinski definition) is 2. The minimum Gasteiger partial charge on any atom is -0.356 e. The number of benzene rings is 1. The van der Waals surface area contributed by atoms with E-state index in [0.717, 1.165) is 57.3 Å². The van der Waals surface area contributed by atoms with Gasteiger partial charge in [-0.2, -0.15) is 0 Å². The number of fused-ring (bicyclic) bond motifs is 1. The van der Waals surface area contributed by atoms with E-state index in [2.05, 4.69) is 20.8 Å². The van der Waals surface area contributed by atoms with Gasteiger partial charge in [-0.3, -0.25) is 9.59 Å². The Morgan fingerprint density at radius 2 is 2.00 bits per heavy atom. The van der Waals surface area contributed by atoms with E-state index in [4.69, 9.17) is 0 Å². The van der Waals surface area contributed by atoms with Crippen LogP contribution < -0.4 is 10.6 Å². The fourth-order valence-corrected chi connectivity index (χ4v) is 3.53. The molecule has 0 aliphatic carbocycles. The van der Waals surface area contributed by atoms with Crippen LogP contribution in [0.1, 0.15) is 57.7 Å². The summed E-state index contributed by atoms with van der Waals surface area (Å²) in [5.41, 5.74) is 0.911. The number of carbonyl (C=O) groups is 2. The monoisotopic (exact) mass is 401 g/mol. The van der Waals surface area contributed by atoms with Crippen molar-refractivity contribution in [1.29, 1.82) is 0 Å². The Morgan fingerprint density at radius 1 is 1.14 bits per heavy atom. The van der Waals surface area contributed by atoms with E-state index in [1.807, 2.05) is 4.57 Å². The average molecular weight is 401 g/mol. The lowest BCUT2D eigenvalue weighted by Gasteiger charge is -2.10. The largest absolute Gasteiger partial charge is 0.356 e. The van der Waals surface area contributed by atoms with Crippen LogP contribution in [0.25, 0.3) is 11.4 Å². The van der Waals surface area contributed by atoms with Gasteiger partial charge in [0.2, 0.25) is 11.8 Å². The Kier molecular flexibility index (Phi) is 7.32. The van der Waals surface area contributed by atoms with Crippen LogP contribution in [0, 0.1) is 5.82 Å². The molecule has 2 amide bonds. The second kappa shape index (κ2) is 10.1. The van der Waals surface area contributed by atoms with E-state index in [9.17, 15) is 14.0 Å². The lowest BCUT2D eigenvalue weighted by Crippen LogP contribution is -2.20. The van der Waals surface area contributed by atoms with E-state index in [0.29, 0.717) is 30.0 Å². The number of amides is 2. The predicted octanol–water partition coefficient (Wildman–Crippen LogP) is 3.45. The Bertz CT molecular complexity index is 865. The molecule has 1 aliphatic heterocycles. The summed E-state index contributed by atoms with van der Waals surface area (Å²) in [5, 5.41) is 14.0. The molecule has 1 aromatic heterocycles. The molecule has 2 aromatic rings. The van der Waals surface area contributed by atoms with Gasteiger partial charge in [-0.05, 0) is 43.9 Å². The van der Waals surface area contributed by atoms with Crippen LogP contribution in [0.15, 0.2) is 18.2 Å². The Balaban J connectivity index is 1.59. The van der Waals surface area contributed by atoms with Gasteiger partial charge in [-0.25, -0.2) is 4.39 Å². The molecule has 3 rings (SSSR count). The molecular formula is C21H28FN5O2. The van der Waals surface area contributed by atoms with Crippen LogP contribution in [0.5, 0.6) is 0 Å². The number of aryl methyl sites for hydroxylation is 1. The average Bonchev–Trinajstić information content (AvgIpc) is 2.93. The molecule has 0 saturated heterocycles. The van der Waals surface area contributed by atoms with E-state index < -0.39 is 0 Å². The Labute approximate surface area is 170 Å². The van der Waals surface area contributed by atoms with E-state index in [-0.39, 0.29) is 17.6 Å². The molecule has 0 spiro atoms. The van der Waals surface area contributed by atoms with Crippen molar-refractivity contribution in [2.24, 2.45) is 0 Å². The summed E-state index contributed by atoms with van der Waals surface area (Å²) in [7, 11) is 0. The molecule has 2 N–H and O–H groups in total. The third-order valence-electron chi connectivity index (χ3n) is 5.06. The minimum absolute atomic E-state index is 0.0422. The summed E-state index contributed by atoms with van der Waals surface area (Å²) in [4.78, 5) is 23.0. The molecule has 0 fully saturated rings. The fourth-order valence-electron chi connectivity index (χ4n) is 3.53. The van der Waals surface area contributed by atoms with Crippen molar-refractivity contribution < 1.29 is 14.0 Å². The number of rotatable bonds is 8. The first-order valence-corrected chi connectivity index (χ1v) is 10.3. The summed E-state index contributed by atoms with van der Waals surface area (Å²) in [6.07, 6.45) is 6.89. The van der Waals surface area contributed by atoms with E-state index >= 15 is 0 Å². The molecule has 7 nitrogen and oxygen atoms in total. The first-order valence-electron chi connectivity index (χ1n) is 10.3. The molecule has 0 radical (unpaired) electrons. The smallest absolute Gasteiger partial charge is 0.224 e. The molecule has 8 heteroatoms. The van der Waals surface area contributed by atoms with E-state index in [1.165, 1.54) is 13.0 Å². The molecule has 29 heavy (non-hydrogen) atoms. The van der Waals surface area contributed by atoms with Crippen molar-refractivity contribution in [1.82, 2.24) is 20.1 Å². The summed E-state index contributed by atoms with van der Waals surface area (Å²) < 4.78 is 16.5. The maximum absolute atomic E-state index is 14.5. The summed E-state index contributed by atoms with van der Waals surface area (Å²) in [5.74, 6) is 0.890. The molecule has 2 heterocycles. The van der Waals surface area contributed by atoms with Crippen molar-refractivity contribution in [2.45, 2.75) is 64.8 Å². The number of nitrogens with zero attached hydrogens (tertiary/aromatic N) is 3. The van der Waals surface area contributed by atoms with Crippen molar-refractivity contribution >= 4 is 17.5 Å². The summed E-state index contributed by atoms with van der Waals surface area (Å²) >= 11 is 0. The van der Waals surface area contributed by atoms with Gasteiger partial charge in [0.1, 0.15) is 11.6 Å². The minimum atomic E-state index is -0.375. The SMILES string of the molecule is CC(=O)NCCCCCC(=O)Nc1ccc(F)c(-c2nnc3n2CCCCC3)c1. The summed E-state index contributed by atoms with van der Waals surface area (Å²) in [6.45, 7) is 2.90. The summed E-state index contributed by atoms with van der Waals surface area (Å²) in [6, 6.07) is 4.55.